The van der Waals surface area contributed by atoms with Crippen LogP contribution < -0.4 is 0 Å². The van der Waals surface area contributed by atoms with Crippen molar-refractivity contribution in [3.63, 3.8) is 0 Å². The molecule has 0 aromatic heterocycles. The quantitative estimate of drug-likeness (QED) is 0.196. The van der Waals surface area contributed by atoms with Gasteiger partial charge in [-0.15, -0.1) is 0 Å². The highest BCUT2D eigenvalue weighted by atomic mass is 16.6. The Morgan fingerprint density at radius 3 is 2.64 bits per heavy atom. The van der Waals surface area contributed by atoms with E-state index in [1.807, 2.05) is 18.2 Å². The Morgan fingerprint density at radius 2 is 1.90 bits per heavy atom. The SMILES string of the molecule is C=C1/C(=C\C=C2/CCC[C@]3(C)[C@@H]([C@H](C)C[C@H]4OC(=O)C(=C)[C@@H]4c4ccccc4)CC[C@@H]23)C[C@@H](O)[C@H](OCCCO)[C@@H]1O. The Bertz CT molecular complexity index is 1220. The van der Waals surface area contributed by atoms with Crippen LogP contribution in [-0.2, 0) is 14.3 Å². The zero-order valence-electron chi connectivity index (χ0n) is 25.2. The standard InChI is InChI=1S/C36H48O6/c1-22(20-31-32(24(3)35(40)42-31)26-10-6-5-7-11-26)28-15-16-29-25(12-8-17-36(28,29)4)13-14-27-21-30(38)34(33(39)23(27)2)41-19-9-18-37/h5-7,10-11,13-14,22,28-34,37-39H,2-3,8-9,12,15-21H2,1,4H3/b25-13+,27-14-/t22-,28-,29+,30-,31-,32-,33-,34+,36-/m1/s1. The Morgan fingerprint density at radius 1 is 1.14 bits per heavy atom. The minimum Gasteiger partial charge on any atom is -0.458 e. The van der Waals surface area contributed by atoms with E-state index in [-0.39, 0.29) is 36.6 Å². The molecule has 5 rings (SSSR count). The van der Waals surface area contributed by atoms with Gasteiger partial charge in [-0.2, -0.15) is 0 Å². The van der Waals surface area contributed by atoms with Crippen molar-refractivity contribution in [2.75, 3.05) is 13.2 Å². The highest BCUT2D eigenvalue weighted by Gasteiger charge is 2.52. The molecular weight excluding hydrogens is 528 g/mol. The predicted molar refractivity (Wildman–Crippen MR) is 164 cm³/mol. The molecule has 0 radical (unpaired) electrons. The number of aliphatic hydroxyl groups excluding tert-OH is 3. The third-order valence-corrected chi connectivity index (χ3v) is 10.8. The molecule has 1 aromatic carbocycles. The molecule has 0 amide bonds. The Kier molecular flexibility index (Phi) is 9.58. The maximum Gasteiger partial charge on any atom is 0.334 e. The largest absolute Gasteiger partial charge is 0.458 e. The third kappa shape index (κ3) is 5.96. The fourth-order valence-electron chi connectivity index (χ4n) is 8.58. The van der Waals surface area contributed by atoms with Crippen molar-refractivity contribution >= 4 is 5.97 Å². The van der Waals surface area contributed by atoms with Gasteiger partial charge in [0.2, 0.25) is 0 Å². The molecule has 0 spiro atoms. The fourth-order valence-corrected chi connectivity index (χ4v) is 8.58. The van der Waals surface area contributed by atoms with Crippen molar-refractivity contribution in [3.8, 4) is 0 Å². The van der Waals surface area contributed by atoms with Crippen molar-refractivity contribution in [1.82, 2.24) is 0 Å². The van der Waals surface area contributed by atoms with Crippen molar-refractivity contribution < 1.29 is 29.6 Å². The fraction of sp³-hybridized carbons (Fsp3) is 0.583. The molecule has 4 aliphatic rings. The molecule has 3 aliphatic carbocycles. The summed E-state index contributed by atoms with van der Waals surface area (Å²) in [6.45, 7) is 13.3. The number of carbonyl (C=O) groups is 1. The Balaban J connectivity index is 1.28. The monoisotopic (exact) mass is 576 g/mol. The van der Waals surface area contributed by atoms with E-state index in [1.54, 1.807) is 0 Å². The molecule has 6 nitrogen and oxygen atoms in total. The van der Waals surface area contributed by atoms with Gasteiger partial charge in [0.05, 0.1) is 12.0 Å². The number of hydrogen-bond donors (Lipinski definition) is 3. The number of aliphatic hydroxyl groups is 3. The van der Waals surface area contributed by atoms with Crippen LogP contribution in [0.1, 0.15) is 76.7 Å². The van der Waals surface area contributed by atoms with Gasteiger partial charge in [0.25, 0.3) is 0 Å². The second-order valence-corrected chi connectivity index (χ2v) is 13.3. The molecular formula is C36H48O6. The van der Waals surface area contributed by atoms with E-state index in [9.17, 15) is 15.0 Å². The second kappa shape index (κ2) is 13.0. The third-order valence-electron chi connectivity index (χ3n) is 10.8. The molecule has 6 heteroatoms. The molecule has 3 saturated carbocycles. The lowest BCUT2D eigenvalue weighted by Crippen LogP contribution is -2.45. The van der Waals surface area contributed by atoms with E-state index >= 15 is 0 Å². The summed E-state index contributed by atoms with van der Waals surface area (Å²) in [7, 11) is 0. The van der Waals surface area contributed by atoms with E-state index < -0.39 is 18.3 Å². The van der Waals surface area contributed by atoms with Crippen LogP contribution in [0.4, 0.5) is 0 Å². The summed E-state index contributed by atoms with van der Waals surface area (Å²) in [6, 6.07) is 10.1. The van der Waals surface area contributed by atoms with Crippen LogP contribution in [0.25, 0.3) is 0 Å². The maximum absolute atomic E-state index is 12.6. The number of esters is 1. The molecule has 1 heterocycles. The van der Waals surface area contributed by atoms with Crippen molar-refractivity contribution in [1.29, 1.82) is 0 Å². The lowest BCUT2D eigenvalue weighted by Gasteiger charge is -2.45. The average Bonchev–Trinajstić information content (AvgIpc) is 3.47. The van der Waals surface area contributed by atoms with Crippen LogP contribution in [0, 0.1) is 23.2 Å². The molecule has 4 fully saturated rings. The molecule has 42 heavy (non-hydrogen) atoms. The highest BCUT2D eigenvalue weighted by molar-refractivity contribution is 5.92. The molecule has 0 bridgehead atoms. The number of ether oxygens (including phenoxy) is 2. The zero-order valence-corrected chi connectivity index (χ0v) is 25.2. The number of rotatable bonds is 9. The normalized spacial score (nSPS) is 37.7. The van der Waals surface area contributed by atoms with E-state index in [4.69, 9.17) is 14.6 Å². The molecule has 228 valence electrons. The van der Waals surface area contributed by atoms with E-state index in [0.717, 1.165) is 43.2 Å². The Hall–Kier alpha value is -2.51. The van der Waals surface area contributed by atoms with Crippen LogP contribution in [0.15, 0.2) is 77.9 Å². The topological polar surface area (TPSA) is 96.2 Å². The van der Waals surface area contributed by atoms with E-state index in [1.165, 1.54) is 12.0 Å². The average molecular weight is 577 g/mol. The number of carbonyl (C=O) groups excluding carboxylic acids is 1. The van der Waals surface area contributed by atoms with E-state index in [2.05, 4.69) is 51.3 Å². The second-order valence-electron chi connectivity index (χ2n) is 13.3. The van der Waals surface area contributed by atoms with Crippen LogP contribution >= 0.6 is 0 Å². The van der Waals surface area contributed by atoms with Crippen LogP contribution in [0.5, 0.6) is 0 Å². The molecule has 3 N–H and O–H groups in total. The highest BCUT2D eigenvalue weighted by Crippen LogP contribution is 2.60. The first-order valence-corrected chi connectivity index (χ1v) is 15.8. The van der Waals surface area contributed by atoms with Crippen molar-refractivity contribution in [2.24, 2.45) is 23.2 Å². The Labute approximate surface area is 250 Å². The lowest BCUT2D eigenvalue weighted by atomic mass is 9.60. The van der Waals surface area contributed by atoms with Crippen LogP contribution in [0.2, 0.25) is 0 Å². The summed E-state index contributed by atoms with van der Waals surface area (Å²) in [5.74, 6) is 1.07. The van der Waals surface area contributed by atoms with Gasteiger partial charge in [0.1, 0.15) is 18.3 Å². The van der Waals surface area contributed by atoms with Gasteiger partial charge in [-0.05, 0) is 84.8 Å². The smallest absolute Gasteiger partial charge is 0.334 e. The predicted octanol–water partition coefficient (Wildman–Crippen LogP) is 5.80. The first-order valence-electron chi connectivity index (χ1n) is 15.8. The summed E-state index contributed by atoms with van der Waals surface area (Å²) >= 11 is 0. The van der Waals surface area contributed by atoms with Gasteiger partial charge in [-0.3, -0.25) is 0 Å². The number of fused-ring (bicyclic) bond motifs is 1. The number of allylic oxidation sites excluding steroid dienone is 3. The van der Waals surface area contributed by atoms with Gasteiger partial charge in [-0.1, -0.05) is 75.1 Å². The molecule has 0 unspecified atom stereocenters. The number of hydrogen-bond acceptors (Lipinski definition) is 6. The van der Waals surface area contributed by atoms with Crippen molar-refractivity contribution in [3.05, 3.63) is 83.5 Å². The van der Waals surface area contributed by atoms with Gasteiger partial charge in [0, 0.05) is 25.2 Å². The first kappa shape index (κ1) is 30.9. The summed E-state index contributed by atoms with van der Waals surface area (Å²) in [4.78, 5) is 12.6. The first-order chi connectivity index (χ1) is 20.2. The molecule has 9 atom stereocenters. The molecule has 1 aromatic rings. The lowest BCUT2D eigenvalue weighted by molar-refractivity contribution is -0.139. The van der Waals surface area contributed by atoms with Gasteiger partial charge < -0.3 is 24.8 Å². The zero-order chi connectivity index (χ0) is 30.0. The van der Waals surface area contributed by atoms with Crippen LogP contribution in [-0.4, -0.2) is 58.9 Å². The summed E-state index contributed by atoms with van der Waals surface area (Å²) in [6.07, 6.45) is 8.99. The number of cyclic esters (lactones) is 1. The van der Waals surface area contributed by atoms with Gasteiger partial charge in [-0.25, -0.2) is 4.79 Å². The van der Waals surface area contributed by atoms with Crippen molar-refractivity contribution in [2.45, 2.75) is 95.5 Å². The maximum atomic E-state index is 12.6. The van der Waals surface area contributed by atoms with E-state index in [0.29, 0.717) is 41.7 Å². The van der Waals surface area contributed by atoms with Gasteiger partial charge >= 0.3 is 5.97 Å². The van der Waals surface area contributed by atoms with Gasteiger partial charge in [0.15, 0.2) is 0 Å². The minimum absolute atomic E-state index is 0.0102. The minimum atomic E-state index is -0.967. The molecule has 1 aliphatic heterocycles. The number of benzene rings is 1. The van der Waals surface area contributed by atoms with Crippen LogP contribution in [0.3, 0.4) is 0 Å². The molecule has 1 saturated heterocycles. The summed E-state index contributed by atoms with van der Waals surface area (Å²) < 4.78 is 11.6. The summed E-state index contributed by atoms with van der Waals surface area (Å²) in [5.41, 5.74) is 4.76. The summed E-state index contributed by atoms with van der Waals surface area (Å²) in [5, 5.41) is 30.5.